The largest absolute Gasteiger partial charge is 0.508 e. The lowest BCUT2D eigenvalue weighted by atomic mass is 9.82. The van der Waals surface area contributed by atoms with Crippen LogP contribution in [-0.4, -0.2) is 23.1 Å². The van der Waals surface area contributed by atoms with Crippen molar-refractivity contribution in [3.05, 3.63) is 29.3 Å². The molecule has 4 nitrogen and oxygen atoms in total. The van der Waals surface area contributed by atoms with Gasteiger partial charge in [0.15, 0.2) is 0 Å². The normalized spacial score (nSPS) is 22.4. The molecule has 0 spiro atoms. The van der Waals surface area contributed by atoms with Crippen LogP contribution in [0.3, 0.4) is 0 Å². The monoisotopic (exact) mass is 344 g/mol. The van der Waals surface area contributed by atoms with Gasteiger partial charge in [0.2, 0.25) is 5.91 Å². The Balaban J connectivity index is 1.58. The number of fused-ring (bicyclic) bond motifs is 1. The molecular formula is C21H32N2O2. The Hall–Kier alpha value is -1.55. The van der Waals surface area contributed by atoms with E-state index >= 15 is 0 Å². The van der Waals surface area contributed by atoms with Crippen LogP contribution < -0.4 is 10.6 Å². The van der Waals surface area contributed by atoms with Gasteiger partial charge in [0.25, 0.3) is 0 Å². The van der Waals surface area contributed by atoms with E-state index in [1.54, 1.807) is 12.1 Å². The number of phenols is 1. The highest BCUT2D eigenvalue weighted by molar-refractivity contribution is 5.82. The minimum Gasteiger partial charge on any atom is -0.508 e. The lowest BCUT2D eigenvalue weighted by molar-refractivity contribution is -0.124. The molecule has 1 aromatic rings. The molecule has 1 fully saturated rings. The molecule has 0 aromatic heterocycles. The van der Waals surface area contributed by atoms with Gasteiger partial charge in [-0.1, -0.05) is 52.0 Å². The van der Waals surface area contributed by atoms with Crippen molar-refractivity contribution >= 4 is 5.91 Å². The molecule has 0 bridgehead atoms. The van der Waals surface area contributed by atoms with Gasteiger partial charge in [0.05, 0.1) is 6.04 Å². The number of hydrogen-bond donors (Lipinski definition) is 3. The second-order valence-corrected chi connectivity index (χ2v) is 8.19. The first kappa shape index (κ1) is 18.2. The summed E-state index contributed by atoms with van der Waals surface area (Å²) in [6, 6.07) is 5.52. The summed E-state index contributed by atoms with van der Waals surface area (Å²) >= 11 is 0. The van der Waals surface area contributed by atoms with Crippen molar-refractivity contribution in [3.8, 4) is 5.75 Å². The average Bonchev–Trinajstić information content (AvgIpc) is 2.61. The summed E-state index contributed by atoms with van der Waals surface area (Å²) in [4.78, 5) is 12.8. The third-order valence-electron chi connectivity index (χ3n) is 5.91. The standard InChI is InChI=1S/C21H32N2O2/c1-14(2)19(10-15-6-4-3-5-7-15)23-21(25)20-12-16-8-9-18(24)11-17(16)13-22-20/h8-9,11,14-15,19-20,22,24H,3-7,10,12-13H2,1-2H3,(H,23,25). The highest BCUT2D eigenvalue weighted by Crippen LogP contribution is 2.29. The van der Waals surface area contributed by atoms with Gasteiger partial charge in [0.1, 0.15) is 5.75 Å². The Bertz CT molecular complexity index is 594. The van der Waals surface area contributed by atoms with Crippen molar-refractivity contribution < 1.29 is 9.90 Å². The molecule has 1 aromatic carbocycles. The average molecular weight is 344 g/mol. The van der Waals surface area contributed by atoms with E-state index in [2.05, 4.69) is 24.5 Å². The predicted octanol–water partition coefficient (Wildman–Crippen LogP) is 3.52. The second kappa shape index (κ2) is 8.22. The fraction of sp³-hybridized carbons (Fsp3) is 0.667. The molecule has 3 N–H and O–H groups in total. The summed E-state index contributed by atoms with van der Waals surface area (Å²) in [5, 5.41) is 16.2. The molecule has 1 amide bonds. The molecular weight excluding hydrogens is 312 g/mol. The van der Waals surface area contributed by atoms with Gasteiger partial charge < -0.3 is 15.7 Å². The molecule has 2 aliphatic rings. The van der Waals surface area contributed by atoms with Crippen molar-refractivity contribution in [3.63, 3.8) is 0 Å². The number of hydrogen-bond acceptors (Lipinski definition) is 3. The molecule has 1 heterocycles. The zero-order chi connectivity index (χ0) is 17.8. The second-order valence-electron chi connectivity index (χ2n) is 8.19. The van der Waals surface area contributed by atoms with Gasteiger partial charge in [-0.3, -0.25) is 4.79 Å². The van der Waals surface area contributed by atoms with Gasteiger partial charge in [0, 0.05) is 12.6 Å². The SMILES string of the molecule is CC(C)C(CC1CCCCC1)NC(=O)C1Cc2ccc(O)cc2CN1. The van der Waals surface area contributed by atoms with Gasteiger partial charge >= 0.3 is 0 Å². The molecule has 4 heteroatoms. The number of benzene rings is 1. The zero-order valence-electron chi connectivity index (χ0n) is 15.6. The first-order valence-electron chi connectivity index (χ1n) is 9.87. The highest BCUT2D eigenvalue weighted by Gasteiger charge is 2.28. The first-order chi connectivity index (χ1) is 12.0. The molecule has 1 aliphatic heterocycles. The number of carbonyl (C=O) groups is 1. The fourth-order valence-electron chi connectivity index (χ4n) is 4.25. The van der Waals surface area contributed by atoms with E-state index in [0.29, 0.717) is 18.9 Å². The van der Waals surface area contributed by atoms with Crippen LogP contribution in [0.1, 0.15) is 63.5 Å². The molecule has 25 heavy (non-hydrogen) atoms. The van der Waals surface area contributed by atoms with Crippen LogP contribution in [0.25, 0.3) is 0 Å². The Labute approximate surface area is 151 Å². The van der Waals surface area contributed by atoms with Crippen LogP contribution >= 0.6 is 0 Å². The van der Waals surface area contributed by atoms with E-state index in [9.17, 15) is 9.90 Å². The van der Waals surface area contributed by atoms with Gasteiger partial charge in [-0.2, -0.15) is 0 Å². The van der Waals surface area contributed by atoms with Gasteiger partial charge in [-0.05, 0) is 47.9 Å². The van der Waals surface area contributed by atoms with Crippen LogP contribution in [0.2, 0.25) is 0 Å². The predicted molar refractivity (Wildman–Crippen MR) is 100 cm³/mol. The van der Waals surface area contributed by atoms with Crippen LogP contribution in [0.5, 0.6) is 5.75 Å². The Kier molecular flexibility index (Phi) is 6.00. The number of phenolic OH excluding ortho intramolecular Hbond substituents is 1. The van der Waals surface area contributed by atoms with Crippen LogP contribution in [-0.2, 0) is 17.8 Å². The number of aromatic hydroxyl groups is 1. The maximum Gasteiger partial charge on any atom is 0.237 e. The van der Waals surface area contributed by atoms with Gasteiger partial charge in [-0.25, -0.2) is 0 Å². The number of amides is 1. The van der Waals surface area contributed by atoms with E-state index in [4.69, 9.17) is 0 Å². The van der Waals surface area contributed by atoms with Crippen molar-refractivity contribution in [2.45, 2.75) is 77.4 Å². The minimum absolute atomic E-state index is 0.119. The Morgan fingerprint density at radius 2 is 2.00 bits per heavy atom. The topological polar surface area (TPSA) is 61.4 Å². The van der Waals surface area contributed by atoms with E-state index in [1.807, 2.05) is 6.07 Å². The van der Waals surface area contributed by atoms with Crippen LogP contribution in [0.4, 0.5) is 0 Å². The number of nitrogens with one attached hydrogen (secondary N) is 2. The quantitative estimate of drug-likeness (QED) is 0.766. The highest BCUT2D eigenvalue weighted by atomic mass is 16.3. The molecule has 138 valence electrons. The third-order valence-corrected chi connectivity index (χ3v) is 5.91. The smallest absolute Gasteiger partial charge is 0.237 e. The lowest BCUT2D eigenvalue weighted by Crippen LogP contribution is -2.52. The summed E-state index contributed by atoms with van der Waals surface area (Å²) in [5.74, 6) is 1.63. The van der Waals surface area contributed by atoms with E-state index in [1.165, 1.54) is 32.1 Å². The Morgan fingerprint density at radius 1 is 1.24 bits per heavy atom. The third kappa shape index (κ3) is 4.75. The fourth-order valence-corrected chi connectivity index (χ4v) is 4.25. The molecule has 2 atom stereocenters. The molecule has 2 unspecified atom stereocenters. The Morgan fingerprint density at radius 3 is 2.72 bits per heavy atom. The summed E-state index contributed by atoms with van der Waals surface area (Å²) in [5.41, 5.74) is 2.25. The molecule has 1 aliphatic carbocycles. The van der Waals surface area contributed by atoms with Crippen LogP contribution in [0.15, 0.2) is 18.2 Å². The maximum absolute atomic E-state index is 12.8. The van der Waals surface area contributed by atoms with Gasteiger partial charge in [-0.15, -0.1) is 0 Å². The van der Waals surface area contributed by atoms with E-state index < -0.39 is 0 Å². The van der Waals surface area contributed by atoms with Crippen LogP contribution in [0, 0.1) is 11.8 Å². The molecule has 3 rings (SSSR count). The summed E-state index contributed by atoms with van der Waals surface area (Å²) in [7, 11) is 0. The summed E-state index contributed by atoms with van der Waals surface area (Å²) < 4.78 is 0. The molecule has 1 saturated carbocycles. The van der Waals surface area contributed by atoms with Crippen molar-refractivity contribution in [2.24, 2.45) is 11.8 Å². The maximum atomic E-state index is 12.8. The number of rotatable bonds is 5. The lowest BCUT2D eigenvalue weighted by Gasteiger charge is -2.32. The molecule has 0 radical (unpaired) electrons. The van der Waals surface area contributed by atoms with Crippen molar-refractivity contribution in [1.29, 1.82) is 0 Å². The van der Waals surface area contributed by atoms with Crippen molar-refractivity contribution in [2.75, 3.05) is 0 Å². The zero-order valence-corrected chi connectivity index (χ0v) is 15.6. The van der Waals surface area contributed by atoms with Crippen molar-refractivity contribution in [1.82, 2.24) is 10.6 Å². The first-order valence-corrected chi connectivity index (χ1v) is 9.87. The van der Waals surface area contributed by atoms with E-state index in [0.717, 1.165) is 23.5 Å². The van der Waals surface area contributed by atoms with E-state index in [-0.39, 0.29) is 23.7 Å². The summed E-state index contributed by atoms with van der Waals surface area (Å²) in [6.45, 7) is 5.05. The number of carbonyl (C=O) groups excluding carboxylic acids is 1. The summed E-state index contributed by atoms with van der Waals surface area (Å²) in [6.07, 6.45) is 8.50. The minimum atomic E-state index is -0.176. The molecule has 0 saturated heterocycles.